The van der Waals surface area contributed by atoms with Gasteiger partial charge < -0.3 is 0 Å². The van der Waals surface area contributed by atoms with Crippen molar-refractivity contribution in [1.29, 1.82) is 0 Å². The maximum atomic E-state index is 13.3. The van der Waals surface area contributed by atoms with Crippen molar-refractivity contribution < 1.29 is 4.79 Å². The molecule has 0 saturated carbocycles. The highest BCUT2D eigenvalue weighted by Crippen LogP contribution is 2.29. The maximum absolute atomic E-state index is 13.3. The van der Waals surface area contributed by atoms with Crippen molar-refractivity contribution in [1.82, 2.24) is 9.97 Å². The smallest absolute Gasteiger partial charge is 0.258 e. The fourth-order valence-corrected chi connectivity index (χ4v) is 4.41. The monoisotopic (exact) mass is 455 g/mol. The van der Waals surface area contributed by atoms with E-state index >= 15 is 0 Å². The summed E-state index contributed by atoms with van der Waals surface area (Å²) in [6.45, 7) is 2.04. The van der Waals surface area contributed by atoms with Gasteiger partial charge in [-0.05, 0) is 37.3 Å². The average molecular weight is 456 g/mol. The summed E-state index contributed by atoms with van der Waals surface area (Å²) in [5.74, 6) is -0.213. The molecule has 32 heavy (non-hydrogen) atoms. The number of amides is 1. The molecule has 2 aromatic heterocycles. The summed E-state index contributed by atoms with van der Waals surface area (Å²) >= 11 is 7.36. The molecule has 0 aliphatic rings. The molecule has 1 amide bonds. The maximum Gasteiger partial charge on any atom is 0.258 e. The van der Waals surface area contributed by atoms with Crippen LogP contribution >= 0.6 is 22.9 Å². The number of para-hydroxylation sites is 1. The lowest BCUT2D eigenvalue weighted by Gasteiger charge is -2.10. The third-order valence-electron chi connectivity index (χ3n) is 5.14. The van der Waals surface area contributed by atoms with Crippen LogP contribution < -0.4 is 5.32 Å². The van der Waals surface area contributed by atoms with Crippen molar-refractivity contribution in [3.8, 4) is 22.5 Å². The molecule has 5 aromatic rings. The number of thiazole rings is 1. The Morgan fingerprint density at radius 3 is 2.50 bits per heavy atom. The molecule has 2 heterocycles. The fraction of sp³-hybridized carbons (Fsp3) is 0.0385. The number of pyridine rings is 1. The molecule has 3 aromatic carbocycles. The number of benzene rings is 3. The first-order valence-corrected chi connectivity index (χ1v) is 11.3. The first-order valence-electron chi connectivity index (χ1n) is 10.1. The second-order valence-corrected chi connectivity index (χ2v) is 8.74. The number of carbonyl (C=O) groups excluding carboxylic acids is 1. The molecule has 0 spiro atoms. The molecule has 156 valence electrons. The summed E-state index contributed by atoms with van der Waals surface area (Å²) in [5.41, 5.74) is 5.96. The number of aryl methyl sites for hydroxylation is 1. The van der Waals surface area contributed by atoms with Crippen LogP contribution in [0.5, 0.6) is 0 Å². The molecule has 0 unspecified atom stereocenters. The molecule has 0 aliphatic carbocycles. The van der Waals surface area contributed by atoms with Crippen LogP contribution in [-0.4, -0.2) is 15.9 Å². The summed E-state index contributed by atoms with van der Waals surface area (Å²) in [4.78, 5) is 22.6. The topological polar surface area (TPSA) is 54.9 Å². The predicted molar refractivity (Wildman–Crippen MR) is 132 cm³/mol. The highest BCUT2D eigenvalue weighted by molar-refractivity contribution is 7.14. The number of rotatable bonds is 4. The van der Waals surface area contributed by atoms with Gasteiger partial charge in [0.1, 0.15) is 0 Å². The van der Waals surface area contributed by atoms with Gasteiger partial charge in [-0.25, -0.2) is 9.97 Å². The number of nitrogens with zero attached hydrogens (tertiary/aromatic N) is 2. The first-order chi connectivity index (χ1) is 15.6. The fourth-order valence-electron chi connectivity index (χ4n) is 3.56. The Bertz CT molecular complexity index is 1440. The van der Waals surface area contributed by atoms with Crippen LogP contribution in [0.1, 0.15) is 15.9 Å². The molecule has 5 rings (SSSR count). The number of halogens is 1. The van der Waals surface area contributed by atoms with Crippen LogP contribution in [0, 0.1) is 6.92 Å². The van der Waals surface area contributed by atoms with Crippen molar-refractivity contribution >= 4 is 44.9 Å². The van der Waals surface area contributed by atoms with Crippen LogP contribution in [0.4, 0.5) is 5.13 Å². The molecule has 0 atom stereocenters. The summed E-state index contributed by atoms with van der Waals surface area (Å²) in [6, 6.07) is 25.1. The highest BCUT2D eigenvalue weighted by Gasteiger charge is 2.16. The first kappa shape index (κ1) is 20.4. The lowest BCUT2D eigenvalue weighted by molar-refractivity contribution is 0.102. The van der Waals surface area contributed by atoms with E-state index in [9.17, 15) is 4.79 Å². The van der Waals surface area contributed by atoms with E-state index in [1.54, 1.807) is 0 Å². The Balaban J connectivity index is 1.50. The van der Waals surface area contributed by atoms with Gasteiger partial charge in [-0.3, -0.25) is 10.1 Å². The van der Waals surface area contributed by atoms with Gasteiger partial charge in [0.25, 0.3) is 5.91 Å². The van der Waals surface area contributed by atoms with Gasteiger partial charge in [-0.2, -0.15) is 0 Å². The van der Waals surface area contributed by atoms with E-state index in [2.05, 4.69) is 16.4 Å². The molecule has 0 saturated heterocycles. The second kappa shape index (κ2) is 8.54. The van der Waals surface area contributed by atoms with E-state index < -0.39 is 0 Å². The standard InChI is InChI=1S/C26H18ClN3OS/c1-16-5-4-6-18(13-16)23-14-21(20-7-2-3-8-22(20)28-23)25(31)30-26-29-24(15-32-26)17-9-11-19(27)12-10-17/h2-15H,1H3,(H,29,30,31). The number of hydrogen-bond donors (Lipinski definition) is 1. The zero-order valence-electron chi connectivity index (χ0n) is 17.2. The van der Waals surface area contributed by atoms with E-state index in [1.165, 1.54) is 11.3 Å². The van der Waals surface area contributed by atoms with Crippen molar-refractivity contribution in [2.45, 2.75) is 6.92 Å². The summed E-state index contributed by atoms with van der Waals surface area (Å²) < 4.78 is 0. The molecule has 0 bridgehead atoms. The van der Waals surface area contributed by atoms with Crippen LogP contribution in [0.2, 0.25) is 5.02 Å². The largest absolute Gasteiger partial charge is 0.298 e. The van der Waals surface area contributed by atoms with Gasteiger partial charge >= 0.3 is 0 Å². The zero-order valence-corrected chi connectivity index (χ0v) is 18.7. The number of hydrogen-bond acceptors (Lipinski definition) is 4. The minimum Gasteiger partial charge on any atom is -0.298 e. The van der Waals surface area contributed by atoms with E-state index in [0.717, 1.165) is 39.0 Å². The van der Waals surface area contributed by atoms with Crippen molar-refractivity contribution in [3.05, 3.63) is 100 Å². The van der Waals surface area contributed by atoms with Crippen LogP contribution in [0.3, 0.4) is 0 Å². The zero-order chi connectivity index (χ0) is 22.1. The molecular weight excluding hydrogens is 438 g/mol. The van der Waals surface area contributed by atoms with E-state index in [-0.39, 0.29) is 5.91 Å². The molecule has 0 radical (unpaired) electrons. The molecule has 4 nitrogen and oxygen atoms in total. The predicted octanol–water partition coefficient (Wildman–Crippen LogP) is 7.24. The van der Waals surface area contributed by atoms with Crippen LogP contribution in [0.15, 0.2) is 84.2 Å². The minimum absolute atomic E-state index is 0.213. The van der Waals surface area contributed by atoms with Gasteiger partial charge in [-0.1, -0.05) is 65.7 Å². The lowest BCUT2D eigenvalue weighted by Crippen LogP contribution is -2.13. The van der Waals surface area contributed by atoms with E-state index in [0.29, 0.717) is 15.7 Å². The molecular formula is C26H18ClN3OS. The summed E-state index contributed by atoms with van der Waals surface area (Å²) in [5, 5.41) is 6.89. The highest BCUT2D eigenvalue weighted by atomic mass is 35.5. The Kier molecular flexibility index (Phi) is 5.43. The number of aromatic nitrogens is 2. The number of nitrogens with one attached hydrogen (secondary N) is 1. The number of anilines is 1. The summed E-state index contributed by atoms with van der Waals surface area (Å²) in [7, 11) is 0. The van der Waals surface area contributed by atoms with E-state index in [4.69, 9.17) is 16.6 Å². The van der Waals surface area contributed by atoms with Gasteiger partial charge in [0.05, 0.1) is 22.5 Å². The summed E-state index contributed by atoms with van der Waals surface area (Å²) in [6.07, 6.45) is 0. The quantitative estimate of drug-likeness (QED) is 0.310. The molecule has 1 N–H and O–H groups in total. The average Bonchev–Trinajstić information content (AvgIpc) is 3.27. The van der Waals surface area contributed by atoms with Gasteiger partial charge in [-0.15, -0.1) is 11.3 Å². The third kappa shape index (κ3) is 4.13. The molecule has 0 aliphatic heterocycles. The Labute approximate surface area is 194 Å². The Hall–Kier alpha value is -3.54. The number of fused-ring (bicyclic) bond motifs is 1. The Morgan fingerprint density at radius 1 is 0.875 bits per heavy atom. The van der Waals surface area contributed by atoms with Crippen LogP contribution in [0.25, 0.3) is 33.4 Å². The molecule has 0 fully saturated rings. The SMILES string of the molecule is Cc1cccc(-c2cc(C(=O)Nc3nc(-c4ccc(Cl)cc4)cs3)c3ccccc3n2)c1. The van der Waals surface area contributed by atoms with Gasteiger partial charge in [0.15, 0.2) is 5.13 Å². The third-order valence-corrected chi connectivity index (χ3v) is 6.15. The number of carbonyl (C=O) groups is 1. The van der Waals surface area contributed by atoms with Crippen molar-refractivity contribution in [3.63, 3.8) is 0 Å². The Morgan fingerprint density at radius 2 is 1.69 bits per heavy atom. The van der Waals surface area contributed by atoms with Gasteiger partial charge in [0, 0.05) is 26.9 Å². The normalized spacial score (nSPS) is 10.9. The van der Waals surface area contributed by atoms with E-state index in [1.807, 2.05) is 85.1 Å². The van der Waals surface area contributed by atoms with Crippen LogP contribution in [-0.2, 0) is 0 Å². The van der Waals surface area contributed by atoms with Gasteiger partial charge in [0.2, 0.25) is 0 Å². The molecule has 6 heteroatoms. The van der Waals surface area contributed by atoms with Crippen molar-refractivity contribution in [2.75, 3.05) is 5.32 Å². The second-order valence-electron chi connectivity index (χ2n) is 7.44. The lowest BCUT2D eigenvalue weighted by atomic mass is 10.0. The van der Waals surface area contributed by atoms with Crippen molar-refractivity contribution in [2.24, 2.45) is 0 Å². The minimum atomic E-state index is -0.213.